The molecule has 0 radical (unpaired) electrons. The second-order valence-electron chi connectivity index (χ2n) is 6.89. The minimum atomic E-state index is -3.79. The number of anilines is 1. The van der Waals surface area contributed by atoms with Crippen molar-refractivity contribution in [2.45, 2.75) is 38.5 Å². The Kier molecular flexibility index (Phi) is 6.50. The van der Waals surface area contributed by atoms with Crippen molar-refractivity contribution in [3.63, 3.8) is 0 Å². The van der Waals surface area contributed by atoms with Gasteiger partial charge in [0.1, 0.15) is 10.6 Å². The van der Waals surface area contributed by atoms with E-state index >= 15 is 0 Å². The number of hydrogen-bond acceptors (Lipinski definition) is 6. The van der Waals surface area contributed by atoms with Crippen molar-refractivity contribution >= 4 is 33.2 Å². The summed E-state index contributed by atoms with van der Waals surface area (Å²) in [6.07, 6.45) is 1.17. The van der Waals surface area contributed by atoms with E-state index in [1.807, 2.05) is 6.92 Å². The monoisotopic (exact) mass is 441 g/mol. The lowest BCUT2D eigenvalue weighted by Crippen LogP contribution is -2.44. The van der Waals surface area contributed by atoms with Crippen molar-refractivity contribution in [2.24, 2.45) is 5.92 Å². The maximum Gasteiger partial charge on any atom is 0.248 e. The summed E-state index contributed by atoms with van der Waals surface area (Å²) in [6.45, 7) is 5.81. The number of rotatable bonds is 6. The number of para-hydroxylation sites is 1. The third kappa shape index (κ3) is 4.41. The van der Waals surface area contributed by atoms with Gasteiger partial charge in [-0.2, -0.15) is 4.31 Å². The van der Waals surface area contributed by atoms with Gasteiger partial charge in [-0.1, -0.05) is 22.8 Å². The molecule has 0 spiro atoms. The first-order valence-corrected chi connectivity index (χ1v) is 11.2. The summed E-state index contributed by atoms with van der Waals surface area (Å²) in [5, 5.41) is 6.97. The molecule has 0 aliphatic carbocycles. The van der Waals surface area contributed by atoms with Crippen molar-refractivity contribution in [2.75, 3.05) is 25.0 Å². The van der Waals surface area contributed by atoms with Crippen LogP contribution in [0.4, 0.5) is 5.69 Å². The molecule has 1 fully saturated rings. The first-order chi connectivity index (χ1) is 13.8. The highest BCUT2D eigenvalue weighted by Gasteiger charge is 2.36. The number of carbonyl (C=O) groups excluding carboxylic acids is 1. The molecule has 8 nitrogen and oxygen atoms in total. The molecule has 0 saturated carbocycles. The number of nitrogens with zero attached hydrogens (tertiary/aromatic N) is 2. The molecular formula is C19H24ClN3O5S. The summed E-state index contributed by atoms with van der Waals surface area (Å²) in [5.41, 5.74) is 0.782. The van der Waals surface area contributed by atoms with Crippen LogP contribution in [-0.4, -0.2) is 43.5 Å². The maximum absolute atomic E-state index is 13.1. The zero-order chi connectivity index (χ0) is 21.2. The van der Waals surface area contributed by atoms with E-state index in [0.29, 0.717) is 48.1 Å². The van der Waals surface area contributed by atoms with Crippen LogP contribution in [0, 0.1) is 19.8 Å². The minimum absolute atomic E-state index is 0.0760. The van der Waals surface area contributed by atoms with Gasteiger partial charge in [-0.15, -0.1) is 0 Å². The molecule has 3 rings (SSSR count). The van der Waals surface area contributed by atoms with E-state index in [-0.39, 0.29) is 23.1 Å². The number of benzene rings is 1. The zero-order valence-corrected chi connectivity index (χ0v) is 18.1. The molecule has 1 aromatic heterocycles. The first kappa shape index (κ1) is 21.6. The third-order valence-electron chi connectivity index (χ3n) is 4.83. The molecule has 0 bridgehead atoms. The average Bonchev–Trinajstić information content (AvgIpc) is 3.03. The van der Waals surface area contributed by atoms with E-state index in [2.05, 4.69) is 10.5 Å². The van der Waals surface area contributed by atoms with E-state index < -0.39 is 15.9 Å². The first-order valence-electron chi connectivity index (χ1n) is 9.40. The van der Waals surface area contributed by atoms with E-state index in [0.717, 1.165) is 0 Å². The van der Waals surface area contributed by atoms with Crippen molar-refractivity contribution < 1.29 is 22.5 Å². The van der Waals surface area contributed by atoms with Gasteiger partial charge in [-0.25, -0.2) is 8.42 Å². The van der Waals surface area contributed by atoms with E-state index in [1.54, 1.807) is 32.0 Å². The number of halogens is 1. The number of aryl methyl sites for hydroxylation is 2. The van der Waals surface area contributed by atoms with Gasteiger partial charge >= 0.3 is 0 Å². The van der Waals surface area contributed by atoms with Crippen LogP contribution >= 0.6 is 11.6 Å². The fraction of sp³-hybridized carbons (Fsp3) is 0.474. The summed E-state index contributed by atoms with van der Waals surface area (Å²) >= 11 is 6.17. The molecule has 2 aromatic rings. The van der Waals surface area contributed by atoms with Gasteiger partial charge in [0.2, 0.25) is 15.9 Å². The van der Waals surface area contributed by atoms with Crippen molar-refractivity contribution in [3.8, 4) is 5.75 Å². The normalized spacial score (nSPS) is 17.9. The maximum atomic E-state index is 13.1. The summed E-state index contributed by atoms with van der Waals surface area (Å²) in [5.74, 6) is -0.116. The standard InChI is InChI=1S/C19H24ClN3O5S/c1-4-27-17-15(20)8-5-9-16(17)21-19(24)14-7-6-10-23(11-14)29(25,26)18-12(2)22-28-13(18)3/h5,8-9,14H,4,6-7,10-11H2,1-3H3,(H,21,24). The molecule has 1 aliphatic heterocycles. The molecule has 1 saturated heterocycles. The number of piperidine rings is 1. The largest absolute Gasteiger partial charge is 0.490 e. The quantitative estimate of drug-likeness (QED) is 0.737. The number of nitrogens with one attached hydrogen (secondary N) is 1. The van der Waals surface area contributed by atoms with Gasteiger partial charge in [-0.3, -0.25) is 4.79 Å². The predicted octanol–water partition coefficient (Wildman–Crippen LogP) is 3.38. The van der Waals surface area contributed by atoms with Crippen LogP contribution in [0.25, 0.3) is 0 Å². The fourth-order valence-electron chi connectivity index (χ4n) is 3.48. The van der Waals surface area contributed by atoms with Gasteiger partial charge in [-0.05, 0) is 45.7 Å². The summed E-state index contributed by atoms with van der Waals surface area (Å²) in [7, 11) is -3.79. The number of amides is 1. The fourth-order valence-corrected chi connectivity index (χ4v) is 5.52. The molecule has 1 atom stereocenters. The highest BCUT2D eigenvalue weighted by molar-refractivity contribution is 7.89. The Labute approximate surface area is 175 Å². The lowest BCUT2D eigenvalue weighted by molar-refractivity contribution is -0.120. The Bertz CT molecular complexity index is 986. The molecule has 158 valence electrons. The second-order valence-corrected chi connectivity index (χ2v) is 9.18. The Balaban J connectivity index is 1.78. The van der Waals surface area contributed by atoms with Crippen LogP contribution < -0.4 is 10.1 Å². The van der Waals surface area contributed by atoms with Gasteiger partial charge < -0.3 is 14.6 Å². The molecule has 1 aromatic carbocycles. The van der Waals surface area contributed by atoms with Crippen LogP contribution in [0.15, 0.2) is 27.6 Å². The highest BCUT2D eigenvalue weighted by Crippen LogP contribution is 2.34. The van der Waals surface area contributed by atoms with Crippen molar-refractivity contribution in [3.05, 3.63) is 34.7 Å². The Morgan fingerprint density at radius 3 is 2.83 bits per heavy atom. The Hall–Kier alpha value is -2.10. The predicted molar refractivity (Wildman–Crippen MR) is 109 cm³/mol. The molecule has 10 heteroatoms. The smallest absolute Gasteiger partial charge is 0.248 e. The summed E-state index contributed by atoms with van der Waals surface area (Å²) in [4.78, 5) is 12.9. The van der Waals surface area contributed by atoms with E-state index in [9.17, 15) is 13.2 Å². The lowest BCUT2D eigenvalue weighted by atomic mass is 9.98. The topological polar surface area (TPSA) is 102 Å². The van der Waals surface area contributed by atoms with Crippen LogP contribution in [0.1, 0.15) is 31.2 Å². The van der Waals surface area contributed by atoms with Gasteiger partial charge in [0.15, 0.2) is 11.5 Å². The second kappa shape index (κ2) is 8.73. The Morgan fingerprint density at radius 2 is 2.17 bits per heavy atom. The van der Waals surface area contributed by atoms with Gasteiger partial charge in [0.05, 0.1) is 23.2 Å². The number of aromatic nitrogens is 1. The average molecular weight is 442 g/mol. The summed E-state index contributed by atoms with van der Waals surface area (Å²) < 4.78 is 38.0. The molecule has 1 aliphatic rings. The number of carbonyl (C=O) groups is 1. The number of hydrogen-bond donors (Lipinski definition) is 1. The molecule has 2 heterocycles. The molecule has 1 amide bonds. The van der Waals surface area contributed by atoms with Crippen LogP contribution in [0.5, 0.6) is 5.75 Å². The van der Waals surface area contributed by atoms with E-state index in [4.69, 9.17) is 20.9 Å². The zero-order valence-electron chi connectivity index (χ0n) is 16.6. The summed E-state index contributed by atoms with van der Waals surface area (Å²) in [6, 6.07) is 5.10. The number of ether oxygens (including phenoxy) is 1. The van der Waals surface area contributed by atoms with Crippen molar-refractivity contribution in [1.82, 2.24) is 9.46 Å². The van der Waals surface area contributed by atoms with Gasteiger partial charge in [0, 0.05) is 13.1 Å². The van der Waals surface area contributed by atoms with Crippen LogP contribution in [0.3, 0.4) is 0 Å². The third-order valence-corrected chi connectivity index (χ3v) is 7.24. The highest BCUT2D eigenvalue weighted by atomic mass is 35.5. The molecular weight excluding hydrogens is 418 g/mol. The molecule has 1 unspecified atom stereocenters. The Morgan fingerprint density at radius 1 is 1.41 bits per heavy atom. The van der Waals surface area contributed by atoms with Gasteiger partial charge in [0.25, 0.3) is 0 Å². The van der Waals surface area contributed by atoms with Crippen LogP contribution in [-0.2, 0) is 14.8 Å². The van der Waals surface area contributed by atoms with E-state index in [1.165, 1.54) is 4.31 Å². The lowest BCUT2D eigenvalue weighted by Gasteiger charge is -2.31. The van der Waals surface area contributed by atoms with Crippen LogP contribution in [0.2, 0.25) is 5.02 Å². The number of sulfonamides is 1. The molecule has 1 N–H and O–H groups in total. The SMILES string of the molecule is CCOc1c(Cl)cccc1NC(=O)C1CCCN(S(=O)(=O)c2c(C)noc2C)C1. The molecule has 29 heavy (non-hydrogen) atoms. The van der Waals surface area contributed by atoms with Crippen molar-refractivity contribution in [1.29, 1.82) is 0 Å². The minimum Gasteiger partial charge on any atom is -0.490 e.